The number of amides is 2. The number of nitrogens with one attached hydrogen (secondary N) is 1. The monoisotopic (exact) mass is 174 g/mol. The summed E-state index contributed by atoms with van der Waals surface area (Å²) in [6.45, 7) is 1.05. The van der Waals surface area contributed by atoms with Crippen LogP contribution in [0.1, 0.15) is 0 Å². The maximum absolute atomic E-state index is 10.9. The van der Waals surface area contributed by atoms with Gasteiger partial charge in [-0.2, -0.15) is 0 Å². The number of nitrogens with zero attached hydrogens (tertiary/aromatic N) is 1. The number of likely N-dealkylation sites (N-methyl/N-ethyl adjacent to an activating group) is 1. The second kappa shape index (κ2) is 6.60. The molecule has 0 saturated heterocycles. The summed E-state index contributed by atoms with van der Waals surface area (Å²) in [6, 6.07) is 0. The third-order valence-electron chi connectivity index (χ3n) is 1.20. The lowest BCUT2D eigenvalue weighted by molar-refractivity contribution is -0.127. The highest BCUT2D eigenvalue weighted by Crippen LogP contribution is 1.74. The molecule has 12 heavy (non-hydrogen) atoms. The van der Waals surface area contributed by atoms with E-state index in [9.17, 15) is 9.59 Å². The zero-order valence-corrected chi connectivity index (χ0v) is 7.37. The van der Waals surface area contributed by atoms with Gasteiger partial charge >= 0.3 is 0 Å². The quantitative estimate of drug-likeness (QED) is 0.408. The maximum Gasteiger partial charge on any atom is 0.239 e. The number of rotatable bonds is 6. The van der Waals surface area contributed by atoms with Crippen LogP contribution in [0, 0.1) is 0 Å². The van der Waals surface area contributed by atoms with Crippen LogP contribution in [0.5, 0.6) is 0 Å². The van der Waals surface area contributed by atoms with E-state index in [1.165, 1.54) is 4.90 Å². The van der Waals surface area contributed by atoms with Crippen molar-refractivity contribution < 1.29 is 14.3 Å². The Morgan fingerprint density at radius 2 is 2.33 bits per heavy atom. The summed E-state index contributed by atoms with van der Waals surface area (Å²) in [5.41, 5.74) is 0. The van der Waals surface area contributed by atoms with Gasteiger partial charge in [0, 0.05) is 20.7 Å². The van der Waals surface area contributed by atoms with E-state index in [0.717, 1.165) is 0 Å². The van der Waals surface area contributed by atoms with Crippen molar-refractivity contribution in [3.05, 3.63) is 0 Å². The van der Waals surface area contributed by atoms with Crippen LogP contribution in [0.25, 0.3) is 0 Å². The average molecular weight is 174 g/mol. The first-order valence-corrected chi connectivity index (χ1v) is 3.62. The first-order chi connectivity index (χ1) is 5.70. The van der Waals surface area contributed by atoms with E-state index in [2.05, 4.69) is 5.32 Å². The highest BCUT2D eigenvalue weighted by Gasteiger charge is 2.02. The molecule has 0 fully saturated rings. The molecule has 2 amide bonds. The van der Waals surface area contributed by atoms with Gasteiger partial charge in [-0.25, -0.2) is 0 Å². The molecule has 0 heterocycles. The van der Waals surface area contributed by atoms with Crippen molar-refractivity contribution in [1.82, 2.24) is 10.2 Å². The number of hydrogen-bond donors (Lipinski definition) is 1. The molecule has 0 aromatic heterocycles. The number of ether oxygens (including phenoxy) is 1. The van der Waals surface area contributed by atoms with Crippen molar-refractivity contribution in [1.29, 1.82) is 0 Å². The summed E-state index contributed by atoms with van der Waals surface area (Å²) < 4.78 is 4.73. The van der Waals surface area contributed by atoms with Gasteiger partial charge in [-0.1, -0.05) is 0 Å². The van der Waals surface area contributed by atoms with Gasteiger partial charge in [-0.05, 0) is 0 Å². The largest absolute Gasteiger partial charge is 0.383 e. The molecule has 5 heteroatoms. The molecule has 0 spiro atoms. The molecule has 70 valence electrons. The third-order valence-corrected chi connectivity index (χ3v) is 1.20. The van der Waals surface area contributed by atoms with Crippen LogP contribution < -0.4 is 5.32 Å². The fourth-order valence-corrected chi connectivity index (χ4v) is 0.612. The van der Waals surface area contributed by atoms with Gasteiger partial charge in [-0.3, -0.25) is 9.59 Å². The molecule has 0 bridgehead atoms. The zero-order valence-electron chi connectivity index (χ0n) is 7.37. The van der Waals surface area contributed by atoms with Crippen molar-refractivity contribution in [3.8, 4) is 0 Å². The molecule has 0 saturated carbocycles. The molecular weight excluding hydrogens is 160 g/mol. The molecule has 0 atom stereocenters. The van der Waals surface area contributed by atoms with E-state index >= 15 is 0 Å². The Labute approximate surface area is 71.7 Å². The minimum atomic E-state index is -0.179. The first kappa shape index (κ1) is 10.9. The van der Waals surface area contributed by atoms with E-state index in [0.29, 0.717) is 19.6 Å². The normalized spacial score (nSPS) is 9.17. The second-order valence-corrected chi connectivity index (χ2v) is 2.36. The van der Waals surface area contributed by atoms with Gasteiger partial charge in [0.25, 0.3) is 0 Å². The summed E-state index contributed by atoms with van der Waals surface area (Å²) in [5, 5.41) is 2.58. The zero-order chi connectivity index (χ0) is 9.40. The minimum absolute atomic E-state index is 0.0905. The van der Waals surface area contributed by atoms with Crippen molar-refractivity contribution in [2.75, 3.05) is 33.9 Å². The molecule has 0 radical (unpaired) electrons. The van der Waals surface area contributed by atoms with Gasteiger partial charge in [0.05, 0.1) is 13.2 Å². The predicted octanol–water partition coefficient (Wildman–Crippen LogP) is -1.16. The van der Waals surface area contributed by atoms with E-state index in [4.69, 9.17) is 4.74 Å². The molecule has 5 nitrogen and oxygen atoms in total. The van der Waals surface area contributed by atoms with Gasteiger partial charge in [-0.15, -0.1) is 0 Å². The summed E-state index contributed by atoms with van der Waals surface area (Å²) in [6.07, 6.45) is 0.607. The summed E-state index contributed by atoms with van der Waals surface area (Å²) in [5.74, 6) is -0.179. The molecular formula is C7H14N2O3. The van der Waals surface area contributed by atoms with E-state index in [-0.39, 0.29) is 12.5 Å². The lowest BCUT2D eigenvalue weighted by atomic mass is 10.5. The van der Waals surface area contributed by atoms with Crippen molar-refractivity contribution in [2.24, 2.45) is 0 Å². The SMILES string of the molecule is COCCNC(=O)CN(C)C=O. The standard InChI is InChI=1S/C7H14N2O3/c1-9(6-10)5-7(11)8-3-4-12-2/h6H,3-5H2,1-2H3,(H,8,11). The topological polar surface area (TPSA) is 58.6 Å². The van der Waals surface area contributed by atoms with Crippen LogP contribution >= 0.6 is 0 Å². The fraction of sp³-hybridized carbons (Fsp3) is 0.714. The lowest BCUT2D eigenvalue weighted by Crippen LogP contribution is -2.36. The van der Waals surface area contributed by atoms with Crippen LogP contribution in [0.3, 0.4) is 0 Å². The van der Waals surface area contributed by atoms with Gasteiger partial charge in [0.1, 0.15) is 0 Å². The Bertz CT molecular complexity index is 150. The van der Waals surface area contributed by atoms with Crippen LogP contribution in [0.15, 0.2) is 0 Å². The van der Waals surface area contributed by atoms with Crippen LogP contribution in [0.4, 0.5) is 0 Å². The van der Waals surface area contributed by atoms with Gasteiger partial charge in [0.2, 0.25) is 12.3 Å². The second-order valence-electron chi connectivity index (χ2n) is 2.36. The van der Waals surface area contributed by atoms with Crippen LogP contribution in [-0.4, -0.2) is 51.1 Å². The number of carbonyl (C=O) groups excluding carboxylic acids is 2. The molecule has 1 N–H and O–H groups in total. The molecule has 0 aliphatic heterocycles. The first-order valence-electron chi connectivity index (χ1n) is 3.62. The van der Waals surface area contributed by atoms with Crippen molar-refractivity contribution in [2.45, 2.75) is 0 Å². The number of carbonyl (C=O) groups is 2. The Morgan fingerprint density at radius 3 is 2.83 bits per heavy atom. The molecule has 0 aromatic rings. The molecule has 0 aliphatic rings. The number of hydrogen-bond acceptors (Lipinski definition) is 3. The molecule has 0 aromatic carbocycles. The number of methoxy groups -OCH3 is 1. The fourth-order valence-electron chi connectivity index (χ4n) is 0.612. The van der Waals surface area contributed by atoms with Crippen LogP contribution in [-0.2, 0) is 14.3 Å². The summed E-state index contributed by atoms with van der Waals surface area (Å²) in [7, 11) is 3.10. The summed E-state index contributed by atoms with van der Waals surface area (Å²) >= 11 is 0. The molecule has 0 aliphatic carbocycles. The highest BCUT2D eigenvalue weighted by molar-refractivity contribution is 5.79. The third kappa shape index (κ3) is 5.67. The van der Waals surface area contributed by atoms with E-state index < -0.39 is 0 Å². The van der Waals surface area contributed by atoms with E-state index in [1.54, 1.807) is 14.2 Å². The predicted molar refractivity (Wildman–Crippen MR) is 43.6 cm³/mol. The minimum Gasteiger partial charge on any atom is -0.383 e. The Hall–Kier alpha value is -1.10. The highest BCUT2D eigenvalue weighted by atomic mass is 16.5. The van der Waals surface area contributed by atoms with Gasteiger partial charge in [0.15, 0.2) is 0 Å². The van der Waals surface area contributed by atoms with E-state index in [1.807, 2.05) is 0 Å². The molecule has 0 rings (SSSR count). The Kier molecular flexibility index (Phi) is 6.00. The Morgan fingerprint density at radius 1 is 1.67 bits per heavy atom. The summed E-state index contributed by atoms with van der Waals surface area (Å²) in [4.78, 5) is 22.3. The van der Waals surface area contributed by atoms with Crippen LogP contribution in [0.2, 0.25) is 0 Å². The average Bonchev–Trinajstić information content (AvgIpc) is 2.05. The smallest absolute Gasteiger partial charge is 0.239 e. The van der Waals surface area contributed by atoms with Crippen molar-refractivity contribution in [3.63, 3.8) is 0 Å². The molecule has 0 unspecified atom stereocenters. The van der Waals surface area contributed by atoms with Crippen molar-refractivity contribution >= 4 is 12.3 Å². The maximum atomic E-state index is 10.9. The lowest BCUT2D eigenvalue weighted by Gasteiger charge is -2.09. The Balaban J connectivity index is 3.39. The van der Waals surface area contributed by atoms with Gasteiger partial charge < -0.3 is 15.0 Å².